The number of piperidine rings is 1. The van der Waals surface area contributed by atoms with Crippen LogP contribution in [-0.4, -0.2) is 35.2 Å². The largest absolute Gasteiger partial charge is 0.480 e. The van der Waals surface area contributed by atoms with Crippen LogP contribution < -0.4 is 0 Å². The van der Waals surface area contributed by atoms with Gasteiger partial charge in [-0.15, -0.1) is 0 Å². The molecule has 1 aromatic carbocycles. The Balaban J connectivity index is 2.16. The Morgan fingerprint density at radius 1 is 1.29 bits per heavy atom. The van der Waals surface area contributed by atoms with Gasteiger partial charge in [-0.25, -0.2) is 4.39 Å². The Morgan fingerprint density at radius 2 is 1.88 bits per heavy atom. The molecule has 92 valence electrons. The van der Waals surface area contributed by atoms with Crippen LogP contribution in [0, 0.1) is 0 Å². The van der Waals surface area contributed by atoms with Gasteiger partial charge in [0.05, 0.1) is 0 Å². The number of rotatable bonds is 3. The van der Waals surface area contributed by atoms with E-state index in [-0.39, 0.29) is 0 Å². The molecule has 0 aromatic heterocycles. The number of hydrogen-bond acceptors (Lipinski definition) is 2. The Bertz CT molecular complexity index is 374. The number of benzene rings is 1. The maximum absolute atomic E-state index is 13.0. The van der Waals surface area contributed by atoms with Gasteiger partial charge in [0.15, 0.2) is 0 Å². The van der Waals surface area contributed by atoms with Gasteiger partial charge in [0.2, 0.25) is 0 Å². The topological polar surface area (TPSA) is 40.5 Å². The molecule has 4 heteroatoms. The first-order chi connectivity index (χ1) is 8.18. The number of alkyl halides is 1. The van der Waals surface area contributed by atoms with Gasteiger partial charge in [0.1, 0.15) is 12.2 Å². The lowest BCUT2D eigenvalue weighted by Crippen LogP contribution is -2.40. The predicted octanol–water partition coefficient (Wildman–Crippen LogP) is 2.25. The second kappa shape index (κ2) is 5.27. The molecule has 1 aliphatic heterocycles. The Morgan fingerprint density at radius 3 is 2.41 bits per heavy atom. The highest BCUT2D eigenvalue weighted by molar-refractivity contribution is 5.75. The number of carboxylic acids is 1. The van der Waals surface area contributed by atoms with Crippen molar-refractivity contribution in [2.24, 2.45) is 0 Å². The summed E-state index contributed by atoms with van der Waals surface area (Å²) >= 11 is 0. The normalized spacial score (nSPS) is 20.1. The third-order valence-corrected chi connectivity index (χ3v) is 3.17. The summed E-state index contributed by atoms with van der Waals surface area (Å²) in [7, 11) is 0. The first-order valence-corrected chi connectivity index (χ1v) is 5.84. The highest BCUT2D eigenvalue weighted by Gasteiger charge is 2.30. The molecule has 1 atom stereocenters. The van der Waals surface area contributed by atoms with E-state index in [9.17, 15) is 14.3 Å². The van der Waals surface area contributed by atoms with Crippen molar-refractivity contribution in [3.8, 4) is 0 Å². The molecule has 1 aliphatic rings. The molecule has 0 saturated carbocycles. The maximum Gasteiger partial charge on any atom is 0.325 e. The van der Waals surface area contributed by atoms with Crippen molar-refractivity contribution < 1.29 is 14.3 Å². The predicted molar refractivity (Wildman–Crippen MR) is 62.5 cm³/mol. The van der Waals surface area contributed by atoms with Crippen molar-refractivity contribution in [2.45, 2.75) is 25.1 Å². The molecule has 0 bridgehead atoms. The van der Waals surface area contributed by atoms with Crippen LogP contribution in [0.5, 0.6) is 0 Å². The molecule has 0 amide bonds. The van der Waals surface area contributed by atoms with Crippen molar-refractivity contribution in [2.75, 3.05) is 13.1 Å². The molecule has 1 aromatic rings. The van der Waals surface area contributed by atoms with Crippen molar-refractivity contribution in [1.82, 2.24) is 4.90 Å². The third kappa shape index (κ3) is 2.82. The van der Waals surface area contributed by atoms with Gasteiger partial charge < -0.3 is 5.11 Å². The minimum atomic E-state index is -0.867. The van der Waals surface area contributed by atoms with Crippen molar-refractivity contribution in [3.05, 3.63) is 35.9 Å². The second-order valence-electron chi connectivity index (χ2n) is 4.36. The molecule has 0 radical (unpaired) electrons. The number of nitrogens with zero attached hydrogens (tertiary/aromatic N) is 1. The van der Waals surface area contributed by atoms with Gasteiger partial charge in [-0.1, -0.05) is 30.3 Å². The zero-order valence-corrected chi connectivity index (χ0v) is 9.55. The molecule has 17 heavy (non-hydrogen) atoms. The fraction of sp³-hybridized carbons (Fsp3) is 0.462. The summed E-state index contributed by atoms with van der Waals surface area (Å²) in [5.74, 6) is -0.867. The Hall–Kier alpha value is -1.42. The molecule has 0 spiro atoms. The molecule has 0 aliphatic carbocycles. The van der Waals surface area contributed by atoms with Crippen LogP contribution in [0.25, 0.3) is 0 Å². The van der Waals surface area contributed by atoms with E-state index < -0.39 is 18.2 Å². The summed E-state index contributed by atoms with van der Waals surface area (Å²) in [4.78, 5) is 13.2. The summed E-state index contributed by atoms with van der Waals surface area (Å²) in [5.41, 5.74) is 0.761. The molecule has 1 unspecified atom stereocenters. The summed E-state index contributed by atoms with van der Waals surface area (Å²) in [6, 6.07) is 8.47. The van der Waals surface area contributed by atoms with Gasteiger partial charge in [-0.05, 0) is 18.4 Å². The van der Waals surface area contributed by atoms with Crippen molar-refractivity contribution in [1.29, 1.82) is 0 Å². The van der Waals surface area contributed by atoms with E-state index in [0.29, 0.717) is 25.9 Å². The lowest BCUT2D eigenvalue weighted by molar-refractivity contribution is -0.144. The zero-order chi connectivity index (χ0) is 12.3. The number of likely N-dealkylation sites (tertiary alicyclic amines) is 1. The van der Waals surface area contributed by atoms with Gasteiger partial charge in [-0.2, -0.15) is 0 Å². The van der Waals surface area contributed by atoms with Crippen LogP contribution in [0.3, 0.4) is 0 Å². The Labute approximate surface area is 99.9 Å². The van der Waals surface area contributed by atoms with Gasteiger partial charge in [-0.3, -0.25) is 9.69 Å². The van der Waals surface area contributed by atoms with Crippen LogP contribution >= 0.6 is 0 Å². The van der Waals surface area contributed by atoms with Crippen molar-refractivity contribution in [3.63, 3.8) is 0 Å². The molecule has 3 nitrogen and oxygen atoms in total. The molecule has 1 saturated heterocycles. The highest BCUT2D eigenvalue weighted by atomic mass is 19.1. The highest BCUT2D eigenvalue weighted by Crippen LogP contribution is 2.25. The summed E-state index contributed by atoms with van der Waals surface area (Å²) < 4.78 is 13.0. The van der Waals surface area contributed by atoms with E-state index in [2.05, 4.69) is 0 Å². The second-order valence-corrected chi connectivity index (χ2v) is 4.36. The maximum atomic E-state index is 13.0. The smallest absolute Gasteiger partial charge is 0.325 e. The van der Waals surface area contributed by atoms with E-state index in [0.717, 1.165) is 5.56 Å². The average Bonchev–Trinajstić information content (AvgIpc) is 2.33. The minimum absolute atomic E-state index is 0.427. The third-order valence-electron chi connectivity index (χ3n) is 3.17. The molecular formula is C13H16FNO2. The van der Waals surface area contributed by atoms with Gasteiger partial charge >= 0.3 is 5.97 Å². The van der Waals surface area contributed by atoms with Crippen LogP contribution in [0.1, 0.15) is 24.4 Å². The summed E-state index contributed by atoms with van der Waals surface area (Å²) in [5, 5.41) is 9.31. The first kappa shape index (κ1) is 12.0. The van der Waals surface area contributed by atoms with Crippen molar-refractivity contribution >= 4 is 5.97 Å². The monoisotopic (exact) mass is 237 g/mol. The van der Waals surface area contributed by atoms with E-state index in [4.69, 9.17) is 0 Å². The number of halogens is 1. The SMILES string of the molecule is O=C(O)C(c1ccccc1)N1CCC(F)CC1. The Kier molecular flexibility index (Phi) is 3.74. The van der Waals surface area contributed by atoms with Crippen LogP contribution in [-0.2, 0) is 4.79 Å². The molecule has 2 rings (SSSR count). The van der Waals surface area contributed by atoms with Gasteiger partial charge in [0, 0.05) is 13.1 Å². The molecule has 1 N–H and O–H groups in total. The fourth-order valence-electron chi connectivity index (χ4n) is 2.27. The lowest BCUT2D eigenvalue weighted by Gasteiger charge is -2.33. The molecule has 1 heterocycles. The fourth-order valence-corrected chi connectivity index (χ4v) is 2.27. The zero-order valence-electron chi connectivity index (χ0n) is 9.55. The number of carbonyl (C=O) groups is 1. The quantitative estimate of drug-likeness (QED) is 0.876. The average molecular weight is 237 g/mol. The van der Waals surface area contributed by atoms with E-state index in [1.54, 1.807) is 12.1 Å². The number of aliphatic carboxylic acids is 1. The number of hydrogen-bond donors (Lipinski definition) is 1. The van der Waals surface area contributed by atoms with Crippen LogP contribution in [0.2, 0.25) is 0 Å². The summed E-state index contributed by atoms with van der Waals surface area (Å²) in [6.07, 6.45) is 0.0733. The first-order valence-electron chi connectivity index (χ1n) is 5.84. The standard InChI is InChI=1S/C13H16FNO2/c14-11-6-8-15(9-7-11)12(13(16)17)10-4-2-1-3-5-10/h1-5,11-12H,6-9H2,(H,16,17). The molecule has 1 fully saturated rings. The summed E-state index contributed by atoms with van der Waals surface area (Å²) in [6.45, 7) is 1.01. The van der Waals surface area contributed by atoms with Gasteiger partial charge in [0.25, 0.3) is 0 Å². The van der Waals surface area contributed by atoms with E-state index in [1.807, 2.05) is 23.1 Å². The lowest BCUT2D eigenvalue weighted by atomic mass is 10.0. The van der Waals surface area contributed by atoms with Crippen LogP contribution in [0.15, 0.2) is 30.3 Å². The van der Waals surface area contributed by atoms with E-state index >= 15 is 0 Å². The minimum Gasteiger partial charge on any atom is -0.480 e. The van der Waals surface area contributed by atoms with E-state index in [1.165, 1.54) is 0 Å². The molecular weight excluding hydrogens is 221 g/mol. The van der Waals surface area contributed by atoms with Crippen LogP contribution in [0.4, 0.5) is 4.39 Å². The number of carboxylic acid groups (broad SMARTS) is 1.